The van der Waals surface area contributed by atoms with Crippen LogP contribution in [0.2, 0.25) is 0 Å². The number of rotatable bonds is 5. The van der Waals surface area contributed by atoms with Gasteiger partial charge in [-0.3, -0.25) is 0 Å². The van der Waals surface area contributed by atoms with Crippen molar-refractivity contribution in [3.05, 3.63) is 64.7 Å². The van der Waals surface area contributed by atoms with Gasteiger partial charge >= 0.3 is 0 Å². The molecular weight excluding hydrogens is 327 g/mol. The monoisotopic (exact) mass is 352 g/mol. The van der Waals surface area contributed by atoms with Gasteiger partial charge in [-0.25, -0.2) is 4.39 Å². The molecule has 0 radical (unpaired) electrons. The van der Waals surface area contributed by atoms with Crippen molar-refractivity contribution < 1.29 is 14.2 Å². The van der Waals surface area contributed by atoms with Crippen LogP contribution < -0.4 is 4.74 Å². The highest BCUT2D eigenvalue weighted by molar-refractivity contribution is 5.75. The molecule has 2 nitrogen and oxygen atoms in total. The Labute approximate surface area is 154 Å². The van der Waals surface area contributed by atoms with Crippen molar-refractivity contribution in [1.29, 1.82) is 0 Å². The Hall–Kier alpha value is -2.29. The van der Waals surface area contributed by atoms with E-state index >= 15 is 0 Å². The van der Waals surface area contributed by atoms with E-state index in [4.69, 9.17) is 4.74 Å². The smallest absolute Gasteiger partial charge is 0.127 e. The predicted octanol–water partition coefficient (Wildman–Crippen LogP) is 6.31. The minimum Gasteiger partial charge on any atom is -0.512 e. The first-order chi connectivity index (χ1) is 12.7. The highest BCUT2D eigenvalue weighted by Gasteiger charge is 2.27. The zero-order valence-electron chi connectivity index (χ0n) is 15.2. The van der Waals surface area contributed by atoms with Crippen LogP contribution in [0.4, 0.5) is 4.39 Å². The maximum atomic E-state index is 14.6. The van der Waals surface area contributed by atoms with Gasteiger partial charge in [-0.15, -0.1) is 0 Å². The Morgan fingerprint density at radius 1 is 1.12 bits per heavy atom. The Balaban J connectivity index is 1.76. The van der Waals surface area contributed by atoms with Crippen LogP contribution in [0.3, 0.4) is 0 Å². The molecule has 2 aliphatic carbocycles. The molecule has 0 unspecified atom stereocenters. The van der Waals surface area contributed by atoms with Crippen molar-refractivity contribution in [3.8, 4) is 16.9 Å². The molecule has 2 saturated carbocycles. The van der Waals surface area contributed by atoms with Gasteiger partial charge in [-0.1, -0.05) is 24.6 Å². The average Bonchev–Trinajstić information content (AvgIpc) is 2.53. The fourth-order valence-electron chi connectivity index (χ4n) is 3.92. The number of allylic oxidation sites excluding steroid dienone is 2. The van der Waals surface area contributed by atoms with Crippen LogP contribution in [0.1, 0.15) is 55.6 Å². The van der Waals surface area contributed by atoms with Gasteiger partial charge in [0.1, 0.15) is 11.6 Å². The van der Waals surface area contributed by atoms with E-state index in [2.05, 4.69) is 0 Å². The molecule has 136 valence electrons. The molecule has 0 spiro atoms. The molecule has 4 rings (SSSR count). The van der Waals surface area contributed by atoms with Crippen molar-refractivity contribution in [2.24, 2.45) is 0 Å². The maximum absolute atomic E-state index is 14.6. The van der Waals surface area contributed by atoms with Crippen LogP contribution in [0.5, 0.6) is 5.75 Å². The number of aliphatic hydroxyl groups excluding tert-OH is 1. The SMILES string of the molecule is COc1ccc(CC(O)=C2CCC2)cc1-c1cccc(F)c1C1CCC1. The number of halogens is 1. The van der Waals surface area contributed by atoms with Gasteiger partial charge in [0.05, 0.1) is 12.9 Å². The fourth-order valence-corrected chi connectivity index (χ4v) is 3.92. The molecular formula is C23H25FO2. The molecule has 1 N–H and O–H groups in total. The molecule has 0 amide bonds. The minimum absolute atomic E-state index is 0.126. The largest absolute Gasteiger partial charge is 0.512 e. The van der Waals surface area contributed by atoms with Gasteiger partial charge in [-0.2, -0.15) is 0 Å². The molecule has 2 aromatic carbocycles. The Bertz CT molecular complexity index is 843. The standard InChI is InChI=1S/C23H25FO2/c1-26-22-12-11-15(14-21(25)16-5-2-6-16)13-19(22)18-9-4-10-20(24)23(18)17-7-3-8-17/h4,9-13,17,25H,2-3,5-8,14H2,1H3. The van der Waals surface area contributed by atoms with Crippen molar-refractivity contribution in [2.75, 3.05) is 7.11 Å². The summed E-state index contributed by atoms with van der Waals surface area (Å²) < 4.78 is 20.2. The molecule has 0 aromatic heterocycles. The second-order valence-corrected chi connectivity index (χ2v) is 7.44. The summed E-state index contributed by atoms with van der Waals surface area (Å²) in [5.41, 5.74) is 4.85. The summed E-state index contributed by atoms with van der Waals surface area (Å²) in [5.74, 6) is 1.41. The topological polar surface area (TPSA) is 29.5 Å². The van der Waals surface area contributed by atoms with E-state index in [1.807, 2.05) is 24.3 Å². The van der Waals surface area contributed by atoms with E-state index in [-0.39, 0.29) is 5.82 Å². The van der Waals surface area contributed by atoms with Gasteiger partial charge in [0.15, 0.2) is 0 Å². The zero-order chi connectivity index (χ0) is 18.1. The van der Waals surface area contributed by atoms with Gasteiger partial charge in [0.2, 0.25) is 0 Å². The molecule has 0 aliphatic heterocycles. The van der Waals surface area contributed by atoms with Crippen molar-refractivity contribution in [2.45, 2.75) is 50.9 Å². The first kappa shape index (κ1) is 17.1. The summed E-state index contributed by atoms with van der Waals surface area (Å²) in [7, 11) is 1.65. The molecule has 2 fully saturated rings. The third-order valence-electron chi connectivity index (χ3n) is 5.86. The predicted molar refractivity (Wildman–Crippen MR) is 102 cm³/mol. The van der Waals surface area contributed by atoms with Gasteiger partial charge in [0, 0.05) is 12.0 Å². The van der Waals surface area contributed by atoms with Crippen molar-refractivity contribution in [3.63, 3.8) is 0 Å². The molecule has 3 heteroatoms. The molecule has 2 aliphatic rings. The molecule has 2 aromatic rings. The maximum Gasteiger partial charge on any atom is 0.127 e. The Kier molecular flexibility index (Phi) is 4.71. The van der Waals surface area contributed by atoms with E-state index < -0.39 is 0 Å². The normalized spacial score (nSPS) is 16.8. The first-order valence-corrected chi connectivity index (χ1v) is 9.53. The number of hydrogen-bond acceptors (Lipinski definition) is 2. The van der Waals surface area contributed by atoms with Crippen molar-refractivity contribution in [1.82, 2.24) is 0 Å². The second kappa shape index (κ2) is 7.14. The van der Waals surface area contributed by atoms with E-state index in [0.29, 0.717) is 18.1 Å². The van der Waals surface area contributed by atoms with Crippen LogP contribution in [0.15, 0.2) is 47.7 Å². The lowest BCUT2D eigenvalue weighted by atomic mass is 9.76. The quantitative estimate of drug-likeness (QED) is 0.639. The number of hydrogen-bond donors (Lipinski definition) is 1. The second-order valence-electron chi connectivity index (χ2n) is 7.44. The van der Waals surface area contributed by atoms with E-state index in [1.165, 1.54) is 12.0 Å². The molecule has 26 heavy (non-hydrogen) atoms. The fraction of sp³-hybridized carbons (Fsp3) is 0.391. The number of methoxy groups -OCH3 is 1. The summed E-state index contributed by atoms with van der Waals surface area (Å²) in [6.45, 7) is 0. The molecule has 0 saturated heterocycles. The summed E-state index contributed by atoms with van der Waals surface area (Å²) >= 11 is 0. The van der Waals surface area contributed by atoms with E-state index in [9.17, 15) is 9.50 Å². The average molecular weight is 352 g/mol. The van der Waals surface area contributed by atoms with Crippen LogP contribution in [0, 0.1) is 5.82 Å². The lowest BCUT2D eigenvalue weighted by Gasteiger charge is -2.29. The van der Waals surface area contributed by atoms with E-state index in [1.54, 1.807) is 19.2 Å². The summed E-state index contributed by atoms with van der Waals surface area (Å²) in [5, 5.41) is 10.3. The number of aliphatic hydroxyl groups is 1. The molecule has 0 bridgehead atoms. The molecule has 0 heterocycles. The van der Waals surface area contributed by atoms with Crippen LogP contribution in [-0.4, -0.2) is 12.2 Å². The third-order valence-corrected chi connectivity index (χ3v) is 5.86. The van der Waals surface area contributed by atoms with E-state index in [0.717, 1.165) is 60.1 Å². The number of benzene rings is 2. The summed E-state index contributed by atoms with van der Waals surface area (Å²) in [4.78, 5) is 0. The highest BCUT2D eigenvalue weighted by Crippen LogP contribution is 2.44. The first-order valence-electron chi connectivity index (χ1n) is 9.53. The third kappa shape index (κ3) is 3.11. The Morgan fingerprint density at radius 2 is 1.92 bits per heavy atom. The minimum atomic E-state index is -0.126. The van der Waals surface area contributed by atoms with Gasteiger partial charge < -0.3 is 9.84 Å². The molecule has 0 atom stereocenters. The number of ether oxygens (including phenoxy) is 1. The summed E-state index contributed by atoms with van der Waals surface area (Å²) in [6, 6.07) is 11.3. The van der Waals surface area contributed by atoms with Crippen LogP contribution in [0.25, 0.3) is 11.1 Å². The zero-order valence-corrected chi connectivity index (χ0v) is 15.2. The highest BCUT2D eigenvalue weighted by atomic mass is 19.1. The van der Waals surface area contributed by atoms with Crippen LogP contribution >= 0.6 is 0 Å². The van der Waals surface area contributed by atoms with Crippen molar-refractivity contribution >= 4 is 0 Å². The lowest BCUT2D eigenvalue weighted by molar-refractivity contribution is 0.374. The Morgan fingerprint density at radius 3 is 2.54 bits per heavy atom. The van der Waals surface area contributed by atoms with Gasteiger partial charge in [-0.05, 0) is 78.5 Å². The lowest BCUT2D eigenvalue weighted by Crippen LogP contribution is -2.12. The van der Waals surface area contributed by atoms with Crippen LogP contribution in [-0.2, 0) is 6.42 Å². The summed E-state index contributed by atoms with van der Waals surface area (Å²) in [6.07, 6.45) is 6.96. The van der Waals surface area contributed by atoms with Gasteiger partial charge in [0.25, 0.3) is 0 Å².